The number of rotatable bonds is 2. The van der Waals surface area contributed by atoms with Gasteiger partial charge in [0, 0.05) is 0 Å². The molecule has 1 aliphatic heterocycles. The van der Waals surface area contributed by atoms with Gasteiger partial charge in [-0.3, -0.25) is 9.69 Å². The predicted octanol–water partition coefficient (Wildman–Crippen LogP) is 1.01. The van der Waals surface area contributed by atoms with Gasteiger partial charge in [-0.05, 0) is 26.7 Å². The number of urea groups is 1. The zero-order valence-electron chi connectivity index (χ0n) is 10.5. The van der Waals surface area contributed by atoms with Crippen LogP contribution >= 0.6 is 0 Å². The minimum atomic E-state index is -0.883. The number of amides is 3. The summed E-state index contributed by atoms with van der Waals surface area (Å²) in [6.07, 6.45) is 4.38. The normalized spacial score (nSPS) is 27.1. The van der Waals surface area contributed by atoms with E-state index in [1.54, 1.807) is 13.8 Å². The molecule has 0 radical (unpaired) electrons. The van der Waals surface area contributed by atoms with Crippen molar-refractivity contribution in [3.05, 3.63) is 0 Å². The highest BCUT2D eigenvalue weighted by molar-refractivity contribution is 6.06. The van der Waals surface area contributed by atoms with Crippen LogP contribution in [0.4, 0.5) is 4.79 Å². The number of carbonyl (C=O) groups is 2. The summed E-state index contributed by atoms with van der Waals surface area (Å²) in [6.45, 7) is 3.48. The van der Waals surface area contributed by atoms with E-state index in [1.165, 1.54) is 0 Å². The number of imide groups is 1. The number of nitrogens with one attached hydrogen (secondary N) is 1. The quantitative estimate of drug-likeness (QED) is 0.708. The first-order valence-corrected chi connectivity index (χ1v) is 6.21. The van der Waals surface area contributed by atoms with Crippen molar-refractivity contribution >= 4 is 11.9 Å². The largest absolute Gasteiger partial charge is 0.388 e. The minimum absolute atomic E-state index is 0.126. The third-order valence-electron chi connectivity index (χ3n) is 3.68. The lowest BCUT2D eigenvalue weighted by Crippen LogP contribution is -2.48. The summed E-state index contributed by atoms with van der Waals surface area (Å²) >= 11 is 0. The Morgan fingerprint density at radius 3 is 2.29 bits per heavy atom. The summed E-state index contributed by atoms with van der Waals surface area (Å²) in [5.74, 6) is -0.249. The smallest absolute Gasteiger partial charge is 0.325 e. The molecule has 1 heterocycles. The number of aliphatic hydroxyl groups is 1. The molecule has 1 saturated carbocycles. The molecule has 2 fully saturated rings. The molecular formula is C12H20N2O3. The Morgan fingerprint density at radius 1 is 1.24 bits per heavy atom. The molecule has 2 rings (SSSR count). The number of nitrogens with zero attached hydrogens (tertiary/aromatic N) is 1. The lowest BCUT2D eigenvalue weighted by Gasteiger charge is -2.34. The summed E-state index contributed by atoms with van der Waals surface area (Å²) in [4.78, 5) is 24.8. The molecule has 0 aromatic rings. The fraction of sp³-hybridized carbons (Fsp3) is 0.833. The first-order valence-electron chi connectivity index (χ1n) is 6.21. The molecule has 1 aliphatic carbocycles. The molecule has 0 unspecified atom stereocenters. The van der Waals surface area contributed by atoms with Gasteiger partial charge in [-0.25, -0.2) is 4.79 Å². The summed E-state index contributed by atoms with van der Waals surface area (Å²) < 4.78 is 0. The molecule has 96 valence electrons. The van der Waals surface area contributed by atoms with Crippen LogP contribution in [-0.4, -0.2) is 39.6 Å². The monoisotopic (exact) mass is 240 g/mol. The maximum atomic E-state index is 12.0. The van der Waals surface area contributed by atoms with E-state index in [-0.39, 0.29) is 18.5 Å². The van der Waals surface area contributed by atoms with Crippen LogP contribution in [0.1, 0.15) is 46.0 Å². The van der Waals surface area contributed by atoms with Gasteiger partial charge in [0.2, 0.25) is 0 Å². The summed E-state index contributed by atoms with van der Waals surface area (Å²) in [6, 6.07) is -0.390. The predicted molar refractivity (Wildman–Crippen MR) is 62.4 cm³/mol. The zero-order valence-corrected chi connectivity index (χ0v) is 10.5. The maximum Gasteiger partial charge on any atom is 0.325 e. The molecular weight excluding hydrogens is 220 g/mol. The molecule has 5 nitrogen and oxygen atoms in total. The van der Waals surface area contributed by atoms with Crippen LogP contribution in [0.3, 0.4) is 0 Å². The van der Waals surface area contributed by atoms with Crippen molar-refractivity contribution in [3.63, 3.8) is 0 Å². The van der Waals surface area contributed by atoms with Crippen molar-refractivity contribution in [3.8, 4) is 0 Å². The van der Waals surface area contributed by atoms with Gasteiger partial charge in [-0.1, -0.05) is 19.3 Å². The fourth-order valence-corrected chi connectivity index (χ4v) is 2.62. The number of hydrogen-bond acceptors (Lipinski definition) is 3. The molecule has 0 atom stereocenters. The molecule has 3 amide bonds. The Bertz CT molecular complexity index is 346. The molecule has 5 heteroatoms. The van der Waals surface area contributed by atoms with Gasteiger partial charge >= 0.3 is 6.03 Å². The summed E-state index contributed by atoms with van der Waals surface area (Å²) in [5, 5.41) is 13.0. The van der Waals surface area contributed by atoms with E-state index in [2.05, 4.69) is 5.32 Å². The third kappa shape index (κ3) is 2.29. The fourth-order valence-electron chi connectivity index (χ4n) is 2.62. The van der Waals surface area contributed by atoms with E-state index in [0.29, 0.717) is 12.8 Å². The lowest BCUT2D eigenvalue weighted by atomic mass is 9.84. The van der Waals surface area contributed by atoms with Gasteiger partial charge in [0.1, 0.15) is 5.54 Å². The standard InChI is InChI=1S/C12H20N2O3/c1-11(2)9(15)14(10(16)13-11)8-12(17)6-4-3-5-7-12/h17H,3-8H2,1-2H3,(H,13,16). The highest BCUT2D eigenvalue weighted by Crippen LogP contribution is 2.30. The van der Waals surface area contributed by atoms with E-state index in [4.69, 9.17) is 0 Å². The second kappa shape index (κ2) is 3.98. The minimum Gasteiger partial charge on any atom is -0.388 e. The van der Waals surface area contributed by atoms with Crippen molar-refractivity contribution in [2.24, 2.45) is 0 Å². The van der Waals surface area contributed by atoms with Crippen LogP contribution in [0.15, 0.2) is 0 Å². The van der Waals surface area contributed by atoms with Crippen molar-refractivity contribution in [2.75, 3.05) is 6.54 Å². The summed E-state index contributed by atoms with van der Waals surface area (Å²) in [7, 11) is 0. The van der Waals surface area contributed by atoms with Crippen LogP contribution < -0.4 is 5.32 Å². The molecule has 0 aromatic heterocycles. The van der Waals surface area contributed by atoms with Crippen molar-refractivity contribution in [2.45, 2.75) is 57.1 Å². The van der Waals surface area contributed by atoms with Gasteiger partial charge in [-0.15, -0.1) is 0 Å². The SMILES string of the molecule is CC1(C)NC(=O)N(CC2(O)CCCCC2)C1=O. The van der Waals surface area contributed by atoms with Crippen LogP contribution in [0, 0.1) is 0 Å². The van der Waals surface area contributed by atoms with E-state index in [1.807, 2.05) is 0 Å². The number of hydrogen-bond donors (Lipinski definition) is 2. The first kappa shape index (κ1) is 12.4. The van der Waals surface area contributed by atoms with E-state index >= 15 is 0 Å². The van der Waals surface area contributed by atoms with Crippen molar-refractivity contribution < 1.29 is 14.7 Å². The van der Waals surface area contributed by atoms with Gasteiger partial charge in [-0.2, -0.15) is 0 Å². The molecule has 1 saturated heterocycles. The number of β-amino-alcohol motifs (C(OH)–C–C–N with tert-alkyl or cyclic N) is 1. The molecule has 0 aromatic carbocycles. The zero-order chi connectivity index (χ0) is 12.7. The lowest BCUT2D eigenvalue weighted by molar-refractivity contribution is -0.133. The average Bonchev–Trinajstić information content (AvgIpc) is 2.42. The van der Waals surface area contributed by atoms with E-state index in [9.17, 15) is 14.7 Å². The van der Waals surface area contributed by atoms with Gasteiger partial charge < -0.3 is 10.4 Å². The Labute approximate surface area is 101 Å². The Morgan fingerprint density at radius 2 is 1.82 bits per heavy atom. The highest BCUT2D eigenvalue weighted by Gasteiger charge is 2.47. The van der Waals surface area contributed by atoms with Gasteiger partial charge in [0.05, 0.1) is 12.1 Å². The molecule has 2 aliphatic rings. The van der Waals surface area contributed by atoms with E-state index < -0.39 is 11.1 Å². The molecule has 2 N–H and O–H groups in total. The van der Waals surface area contributed by atoms with Gasteiger partial charge in [0.25, 0.3) is 5.91 Å². The second-order valence-corrected chi connectivity index (χ2v) is 5.73. The average molecular weight is 240 g/mol. The second-order valence-electron chi connectivity index (χ2n) is 5.73. The molecule has 0 bridgehead atoms. The topological polar surface area (TPSA) is 69.6 Å². The highest BCUT2D eigenvalue weighted by atomic mass is 16.3. The molecule has 17 heavy (non-hydrogen) atoms. The Hall–Kier alpha value is -1.10. The number of carbonyl (C=O) groups excluding carboxylic acids is 2. The summed E-state index contributed by atoms with van der Waals surface area (Å²) in [5.41, 5.74) is -1.73. The van der Waals surface area contributed by atoms with Crippen LogP contribution in [-0.2, 0) is 4.79 Å². The van der Waals surface area contributed by atoms with Gasteiger partial charge in [0.15, 0.2) is 0 Å². The van der Waals surface area contributed by atoms with E-state index in [0.717, 1.165) is 24.2 Å². The Kier molecular flexibility index (Phi) is 2.89. The Balaban J connectivity index is 2.08. The van der Waals surface area contributed by atoms with Crippen molar-refractivity contribution in [1.82, 2.24) is 10.2 Å². The van der Waals surface area contributed by atoms with Crippen LogP contribution in [0.2, 0.25) is 0 Å². The first-order chi connectivity index (χ1) is 7.84. The van der Waals surface area contributed by atoms with Crippen LogP contribution in [0.25, 0.3) is 0 Å². The van der Waals surface area contributed by atoms with Crippen molar-refractivity contribution in [1.29, 1.82) is 0 Å². The molecule has 0 spiro atoms. The van der Waals surface area contributed by atoms with Crippen LogP contribution in [0.5, 0.6) is 0 Å². The third-order valence-corrected chi connectivity index (χ3v) is 3.68. The maximum absolute atomic E-state index is 12.0.